The van der Waals surface area contributed by atoms with Crippen LogP contribution in [0.2, 0.25) is 0 Å². The van der Waals surface area contributed by atoms with E-state index in [1.807, 2.05) is 13.0 Å². The largest absolute Gasteiger partial charge is 0.247 e. The molecular formula is C11H14N2S. The van der Waals surface area contributed by atoms with Crippen molar-refractivity contribution < 1.29 is 0 Å². The van der Waals surface area contributed by atoms with Crippen molar-refractivity contribution in [1.82, 2.24) is 4.98 Å². The van der Waals surface area contributed by atoms with Crippen molar-refractivity contribution in [1.29, 1.82) is 5.26 Å². The van der Waals surface area contributed by atoms with E-state index in [9.17, 15) is 0 Å². The Bertz CT molecular complexity index is 353. The van der Waals surface area contributed by atoms with E-state index in [0.29, 0.717) is 11.5 Å². The molecule has 0 atom stereocenters. The lowest BCUT2D eigenvalue weighted by Gasteiger charge is -2.04. The highest BCUT2D eigenvalue weighted by atomic mass is 32.2. The number of rotatable bonds is 3. The van der Waals surface area contributed by atoms with Gasteiger partial charge in [0.25, 0.3) is 0 Å². The minimum absolute atomic E-state index is 0.646. The van der Waals surface area contributed by atoms with E-state index in [1.165, 1.54) is 0 Å². The van der Waals surface area contributed by atoms with Crippen LogP contribution < -0.4 is 0 Å². The van der Waals surface area contributed by atoms with Crippen LogP contribution in [0.25, 0.3) is 0 Å². The summed E-state index contributed by atoms with van der Waals surface area (Å²) in [6, 6.07) is 5.79. The van der Waals surface area contributed by atoms with Crippen LogP contribution in [0.1, 0.15) is 25.1 Å². The molecule has 1 heterocycles. The molecule has 2 nitrogen and oxygen atoms in total. The Morgan fingerprint density at radius 1 is 1.50 bits per heavy atom. The Labute approximate surface area is 89.4 Å². The predicted octanol–water partition coefficient (Wildman–Crippen LogP) is 3.01. The third-order valence-corrected chi connectivity index (χ3v) is 2.96. The van der Waals surface area contributed by atoms with Crippen molar-refractivity contribution in [3.05, 3.63) is 23.4 Å². The molecule has 0 aliphatic carbocycles. The van der Waals surface area contributed by atoms with Gasteiger partial charge < -0.3 is 0 Å². The van der Waals surface area contributed by atoms with Crippen LogP contribution in [-0.4, -0.2) is 10.7 Å². The van der Waals surface area contributed by atoms with Crippen LogP contribution in [0.5, 0.6) is 0 Å². The van der Waals surface area contributed by atoms with Crippen molar-refractivity contribution in [3.8, 4) is 6.07 Å². The molecule has 0 bridgehead atoms. The zero-order chi connectivity index (χ0) is 10.6. The van der Waals surface area contributed by atoms with Crippen molar-refractivity contribution >= 4 is 11.8 Å². The smallest absolute Gasteiger partial charge is 0.0993 e. The van der Waals surface area contributed by atoms with Gasteiger partial charge in [-0.2, -0.15) is 5.26 Å². The molecule has 0 spiro atoms. The first-order chi connectivity index (χ1) is 6.61. The molecule has 3 heteroatoms. The highest BCUT2D eigenvalue weighted by Gasteiger charge is 2.01. The van der Waals surface area contributed by atoms with Crippen molar-refractivity contribution in [3.63, 3.8) is 0 Å². The molecule has 1 aromatic heterocycles. The monoisotopic (exact) mass is 206 g/mol. The van der Waals surface area contributed by atoms with Gasteiger partial charge in [-0.15, -0.1) is 11.8 Å². The standard InChI is InChI=1S/C11H14N2S/c1-8(2)7-14-11-5-10(6-12)4-9(3)13-11/h4-5,8H,7H2,1-3H3. The van der Waals surface area contributed by atoms with E-state index in [2.05, 4.69) is 24.9 Å². The fourth-order valence-corrected chi connectivity index (χ4v) is 1.95. The molecule has 74 valence electrons. The summed E-state index contributed by atoms with van der Waals surface area (Å²) in [5.74, 6) is 1.69. The number of hydrogen-bond acceptors (Lipinski definition) is 3. The second kappa shape index (κ2) is 5.02. The van der Waals surface area contributed by atoms with E-state index in [1.54, 1.807) is 17.8 Å². The summed E-state index contributed by atoms with van der Waals surface area (Å²) in [4.78, 5) is 4.37. The molecule has 0 amide bonds. The molecule has 0 saturated heterocycles. The van der Waals surface area contributed by atoms with Gasteiger partial charge >= 0.3 is 0 Å². The van der Waals surface area contributed by atoms with Crippen molar-refractivity contribution in [2.45, 2.75) is 25.8 Å². The van der Waals surface area contributed by atoms with Crippen LogP contribution in [0.15, 0.2) is 17.2 Å². The van der Waals surface area contributed by atoms with Gasteiger partial charge in [-0.3, -0.25) is 0 Å². The molecule has 0 aliphatic heterocycles. The Kier molecular flexibility index (Phi) is 3.97. The Morgan fingerprint density at radius 2 is 2.21 bits per heavy atom. The molecular weight excluding hydrogens is 192 g/mol. The Morgan fingerprint density at radius 3 is 2.79 bits per heavy atom. The average molecular weight is 206 g/mol. The maximum absolute atomic E-state index is 8.78. The summed E-state index contributed by atoms with van der Waals surface area (Å²) in [5.41, 5.74) is 1.61. The lowest BCUT2D eigenvalue weighted by Crippen LogP contribution is -1.93. The number of aromatic nitrogens is 1. The molecule has 0 saturated carbocycles. The summed E-state index contributed by atoms with van der Waals surface area (Å²) in [5, 5.41) is 9.73. The average Bonchev–Trinajstić information content (AvgIpc) is 2.14. The van der Waals surface area contributed by atoms with Gasteiger partial charge in [0, 0.05) is 11.4 Å². The first kappa shape index (κ1) is 11.1. The number of nitriles is 1. The van der Waals surface area contributed by atoms with E-state index >= 15 is 0 Å². The van der Waals surface area contributed by atoms with Gasteiger partial charge in [0.05, 0.1) is 16.7 Å². The summed E-state index contributed by atoms with van der Waals surface area (Å²) in [6.45, 7) is 6.27. The van der Waals surface area contributed by atoms with Gasteiger partial charge in [-0.05, 0) is 25.0 Å². The Balaban J connectivity index is 2.78. The minimum Gasteiger partial charge on any atom is -0.247 e. The molecule has 1 rings (SSSR count). The molecule has 1 aromatic rings. The minimum atomic E-state index is 0.646. The molecule has 0 aliphatic rings. The summed E-state index contributed by atoms with van der Waals surface area (Å²) in [6.07, 6.45) is 0. The maximum Gasteiger partial charge on any atom is 0.0993 e. The van der Waals surface area contributed by atoms with Crippen molar-refractivity contribution in [2.75, 3.05) is 5.75 Å². The van der Waals surface area contributed by atoms with Crippen molar-refractivity contribution in [2.24, 2.45) is 5.92 Å². The quantitative estimate of drug-likeness (QED) is 0.713. The fraction of sp³-hybridized carbons (Fsp3) is 0.455. The predicted molar refractivity (Wildman–Crippen MR) is 59.3 cm³/mol. The summed E-state index contributed by atoms with van der Waals surface area (Å²) < 4.78 is 0. The molecule has 14 heavy (non-hydrogen) atoms. The SMILES string of the molecule is Cc1cc(C#N)cc(SCC(C)C)n1. The molecule has 0 aromatic carbocycles. The van der Waals surface area contributed by atoms with Gasteiger partial charge in [0.1, 0.15) is 0 Å². The molecule has 0 radical (unpaired) electrons. The number of pyridine rings is 1. The lowest BCUT2D eigenvalue weighted by atomic mass is 10.2. The summed E-state index contributed by atoms with van der Waals surface area (Å²) >= 11 is 1.71. The number of aryl methyl sites for hydroxylation is 1. The second-order valence-electron chi connectivity index (χ2n) is 3.65. The first-order valence-corrected chi connectivity index (χ1v) is 5.62. The third-order valence-electron chi connectivity index (χ3n) is 1.62. The topological polar surface area (TPSA) is 36.7 Å². The van der Waals surface area contributed by atoms with Crippen LogP contribution in [0.4, 0.5) is 0 Å². The van der Waals surface area contributed by atoms with Crippen LogP contribution in [0, 0.1) is 24.2 Å². The maximum atomic E-state index is 8.78. The van der Waals surface area contributed by atoms with Gasteiger partial charge in [0.15, 0.2) is 0 Å². The van der Waals surface area contributed by atoms with Crippen LogP contribution in [-0.2, 0) is 0 Å². The Hall–Kier alpha value is -1.01. The van der Waals surface area contributed by atoms with E-state index in [-0.39, 0.29) is 0 Å². The number of thioether (sulfide) groups is 1. The molecule has 0 N–H and O–H groups in total. The third kappa shape index (κ3) is 3.39. The van der Waals surface area contributed by atoms with Gasteiger partial charge in [0.2, 0.25) is 0 Å². The van der Waals surface area contributed by atoms with Gasteiger partial charge in [-0.25, -0.2) is 4.98 Å². The zero-order valence-electron chi connectivity index (χ0n) is 8.74. The van der Waals surface area contributed by atoms with E-state index in [4.69, 9.17) is 5.26 Å². The second-order valence-corrected chi connectivity index (χ2v) is 4.69. The molecule has 0 fully saturated rings. The number of hydrogen-bond donors (Lipinski definition) is 0. The highest BCUT2D eigenvalue weighted by molar-refractivity contribution is 7.99. The van der Waals surface area contributed by atoms with E-state index in [0.717, 1.165) is 16.5 Å². The van der Waals surface area contributed by atoms with Crippen LogP contribution in [0.3, 0.4) is 0 Å². The first-order valence-electron chi connectivity index (χ1n) is 4.63. The highest BCUT2D eigenvalue weighted by Crippen LogP contribution is 2.19. The summed E-state index contributed by atoms with van der Waals surface area (Å²) in [7, 11) is 0. The number of nitrogens with zero attached hydrogens (tertiary/aromatic N) is 2. The van der Waals surface area contributed by atoms with Gasteiger partial charge in [-0.1, -0.05) is 13.8 Å². The zero-order valence-corrected chi connectivity index (χ0v) is 9.56. The fourth-order valence-electron chi connectivity index (χ4n) is 1.03. The van der Waals surface area contributed by atoms with E-state index < -0.39 is 0 Å². The molecule has 0 unspecified atom stereocenters. The lowest BCUT2D eigenvalue weighted by molar-refractivity contribution is 0.749. The normalized spacial score (nSPS) is 10.2. The van der Waals surface area contributed by atoms with Crippen LogP contribution >= 0.6 is 11.8 Å².